The summed E-state index contributed by atoms with van der Waals surface area (Å²) in [6, 6.07) is 7.68. The van der Waals surface area contributed by atoms with Crippen LogP contribution in [0.25, 0.3) is 0 Å². The third kappa shape index (κ3) is 3.37. The smallest absolute Gasteiger partial charge is 0.216 e. The Labute approximate surface area is 112 Å². The summed E-state index contributed by atoms with van der Waals surface area (Å²) in [7, 11) is 1.51. The summed E-state index contributed by atoms with van der Waals surface area (Å²) in [6.45, 7) is 4.05. The maximum atomic E-state index is 12.2. The van der Waals surface area contributed by atoms with E-state index in [9.17, 15) is 4.79 Å². The van der Waals surface area contributed by atoms with Crippen LogP contribution in [-0.4, -0.2) is 22.9 Å². The molecule has 4 heteroatoms. The van der Waals surface area contributed by atoms with Crippen LogP contribution in [0, 0.1) is 13.8 Å². The molecule has 0 aliphatic heterocycles. The highest BCUT2D eigenvalue weighted by molar-refractivity contribution is 5.95. The highest BCUT2D eigenvalue weighted by atomic mass is 16.5. The maximum Gasteiger partial charge on any atom is 0.216 e. The molecule has 0 aliphatic carbocycles. The average Bonchev–Trinajstić information content (AvgIpc) is 2.37. The Balaban J connectivity index is 2.20. The van der Waals surface area contributed by atoms with Crippen LogP contribution in [-0.2, 0) is 6.42 Å². The van der Waals surface area contributed by atoms with E-state index in [1.54, 1.807) is 6.07 Å². The summed E-state index contributed by atoms with van der Waals surface area (Å²) in [5, 5.41) is 0. The number of methoxy groups -OCH3 is 1. The van der Waals surface area contributed by atoms with Crippen molar-refractivity contribution in [3.8, 4) is 5.88 Å². The van der Waals surface area contributed by atoms with Crippen molar-refractivity contribution < 1.29 is 9.53 Å². The van der Waals surface area contributed by atoms with E-state index in [2.05, 4.69) is 16.0 Å². The first-order valence-corrected chi connectivity index (χ1v) is 6.05. The molecule has 0 bridgehead atoms. The fourth-order valence-corrected chi connectivity index (χ4v) is 2.05. The van der Waals surface area contributed by atoms with Gasteiger partial charge in [-0.25, -0.2) is 9.97 Å². The largest absolute Gasteiger partial charge is 0.481 e. The standard InChI is InChI=1S/C15H16N2O2/c1-10-4-11(2)6-12(5-10)7-14(18)13-8-15(19-3)17-9-16-13/h4-6,8-9H,7H2,1-3H3. The number of carbonyl (C=O) groups is 1. The Morgan fingerprint density at radius 3 is 2.42 bits per heavy atom. The molecule has 0 saturated carbocycles. The molecule has 0 radical (unpaired) electrons. The molecule has 2 aromatic rings. The van der Waals surface area contributed by atoms with Gasteiger partial charge in [0.25, 0.3) is 0 Å². The zero-order chi connectivity index (χ0) is 13.8. The topological polar surface area (TPSA) is 52.1 Å². The van der Waals surface area contributed by atoms with E-state index in [4.69, 9.17) is 4.74 Å². The van der Waals surface area contributed by atoms with E-state index < -0.39 is 0 Å². The van der Waals surface area contributed by atoms with E-state index in [-0.39, 0.29) is 5.78 Å². The van der Waals surface area contributed by atoms with Crippen LogP contribution in [0.15, 0.2) is 30.6 Å². The van der Waals surface area contributed by atoms with E-state index in [0.29, 0.717) is 18.0 Å². The monoisotopic (exact) mass is 256 g/mol. The molecule has 0 atom stereocenters. The summed E-state index contributed by atoms with van der Waals surface area (Å²) in [6.07, 6.45) is 1.68. The van der Waals surface area contributed by atoms with Crippen LogP contribution < -0.4 is 4.74 Å². The summed E-state index contributed by atoms with van der Waals surface area (Å²) in [4.78, 5) is 20.0. The molecule has 1 aromatic carbocycles. The molecule has 19 heavy (non-hydrogen) atoms. The second-order valence-electron chi connectivity index (χ2n) is 4.54. The third-order valence-corrected chi connectivity index (χ3v) is 2.78. The van der Waals surface area contributed by atoms with Gasteiger partial charge in [0.05, 0.1) is 7.11 Å². The number of rotatable bonds is 4. The number of hydrogen-bond acceptors (Lipinski definition) is 4. The number of benzene rings is 1. The van der Waals surface area contributed by atoms with Crippen molar-refractivity contribution in [3.63, 3.8) is 0 Å². The molecule has 0 fully saturated rings. The minimum Gasteiger partial charge on any atom is -0.481 e. The van der Waals surface area contributed by atoms with Gasteiger partial charge in [-0.3, -0.25) is 4.79 Å². The molecule has 0 amide bonds. The summed E-state index contributed by atoms with van der Waals surface area (Å²) in [5.74, 6) is 0.365. The Bertz CT molecular complexity index is 589. The first-order chi connectivity index (χ1) is 9.08. The summed E-state index contributed by atoms with van der Waals surface area (Å²) < 4.78 is 4.99. The Kier molecular flexibility index (Phi) is 3.90. The molecular weight excluding hydrogens is 240 g/mol. The van der Waals surface area contributed by atoms with E-state index >= 15 is 0 Å². The zero-order valence-corrected chi connectivity index (χ0v) is 11.3. The first kappa shape index (κ1) is 13.2. The van der Waals surface area contributed by atoms with E-state index in [0.717, 1.165) is 16.7 Å². The van der Waals surface area contributed by atoms with Crippen LogP contribution in [0.1, 0.15) is 27.2 Å². The molecule has 0 spiro atoms. The van der Waals surface area contributed by atoms with Gasteiger partial charge in [0, 0.05) is 12.5 Å². The fraction of sp³-hybridized carbons (Fsp3) is 0.267. The zero-order valence-electron chi connectivity index (χ0n) is 11.3. The summed E-state index contributed by atoms with van der Waals surface area (Å²) >= 11 is 0. The van der Waals surface area contributed by atoms with E-state index in [1.807, 2.05) is 26.0 Å². The lowest BCUT2D eigenvalue weighted by Gasteiger charge is -2.05. The van der Waals surface area contributed by atoms with Crippen molar-refractivity contribution in [1.29, 1.82) is 0 Å². The van der Waals surface area contributed by atoms with E-state index in [1.165, 1.54) is 13.4 Å². The molecular formula is C15H16N2O2. The SMILES string of the molecule is COc1cc(C(=O)Cc2cc(C)cc(C)c2)ncn1. The van der Waals surface area contributed by atoms with Crippen molar-refractivity contribution in [2.24, 2.45) is 0 Å². The van der Waals surface area contributed by atoms with Crippen LogP contribution in [0.2, 0.25) is 0 Å². The van der Waals surface area contributed by atoms with Gasteiger partial charge in [-0.1, -0.05) is 29.3 Å². The molecule has 4 nitrogen and oxygen atoms in total. The highest BCUT2D eigenvalue weighted by Crippen LogP contribution is 2.13. The predicted octanol–water partition coefficient (Wildman–Crippen LogP) is 2.53. The van der Waals surface area contributed by atoms with Gasteiger partial charge >= 0.3 is 0 Å². The quantitative estimate of drug-likeness (QED) is 0.789. The van der Waals surface area contributed by atoms with Crippen LogP contribution in [0.4, 0.5) is 0 Å². The molecule has 0 aliphatic rings. The normalized spacial score (nSPS) is 10.3. The highest BCUT2D eigenvalue weighted by Gasteiger charge is 2.10. The lowest BCUT2D eigenvalue weighted by Crippen LogP contribution is -2.07. The molecule has 98 valence electrons. The maximum absolute atomic E-state index is 12.2. The predicted molar refractivity (Wildman–Crippen MR) is 72.5 cm³/mol. The Hall–Kier alpha value is -2.23. The summed E-state index contributed by atoms with van der Waals surface area (Å²) in [5.41, 5.74) is 3.69. The minimum absolute atomic E-state index is 0.0364. The van der Waals surface area contributed by atoms with Gasteiger partial charge in [0.15, 0.2) is 5.78 Å². The first-order valence-electron chi connectivity index (χ1n) is 6.05. The second kappa shape index (κ2) is 5.61. The van der Waals surface area contributed by atoms with Crippen LogP contribution >= 0.6 is 0 Å². The van der Waals surface area contributed by atoms with Crippen LogP contribution in [0.3, 0.4) is 0 Å². The number of Topliss-reactive ketones (excluding diaryl/α,β-unsaturated/α-hetero) is 1. The van der Waals surface area contributed by atoms with Gasteiger partial charge in [0.1, 0.15) is 12.0 Å². The number of hydrogen-bond donors (Lipinski definition) is 0. The number of aromatic nitrogens is 2. The van der Waals surface area contributed by atoms with Crippen molar-refractivity contribution in [1.82, 2.24) is 9.97 Å². The lowest BCUT2D eigenvalue weighted by molar-refractivity contribution is 0.0987. The molecule has 2 rings (SSSR count). The van der Waals surface area contributed by atoms with Crippen molar-refractivity contribution in [2.75, 3.05) is 7.11 Å². The van der Waals surface area contributed by atoms with Crippen molar-refractivity contribution in [2.45, 2.75) is 20.3 Å². The van der Waals surface area contributed by atoms with Crippen LogP contribution in [0.5, 0.6) is 5.88 Å². The molecule has 0 saturated heterocycles. The van der Waals surface area contributed by atoms with Gasteiger partial charge in [-0.05, 0) is 19.4 Å². The Morgan fingerprint density at radius 1 is 1.11 bits per heavy atom. The number of aryl methyl sites for hydroxylation is 2. The third-order valence-electron chi connectivity index (χ3n) is 2.78. The van der Waals surface area contributed by atoms with Gasteiger partial charge in [0.2, 0.25) is 5.88 Å². The molecule has 0 N–H and O–H groups in total. The van der Waals surface area contributed by atoms with Gasteiger partial charge in [-0.2, -0.15) is 0 Å². The average molecular weight is 256 g/mol. The second-order valence-corrected chi connectivity index (χ2v) is 4.54. The Morgan fingerprint density at radius 2 is 1.79 bits per heavy atom. The van der Waals surface area contributed by atoms with Gasteiger partial charge in [-0.15, -0.1) is 0 Å². The van der Waals surface area contributed by atoms with Crippen molar-refractivity contribution in [3.05, 3.63) is 53.0 Å². The number of nitrogens with zero attached hydrogens (tertiary/aromatic N) is 2. The number of ketones is 1. The molecule has 1 aromatic heterocycles. The molecule has 1 heterocycles. The number of carbonyl (C=O) groups excluding carboxylic acids is 1. The van der Waals surface area contributed by atoms with Gasteiger partial charge < -0.3 is 4.74 Å². The molecule has 0 unspecified atom stereocenters. The lowest BCUT2D eigenvalue weighted by atomic mass is 10.0. The van der Waals surface area contributed by atoms with Crippen molar-refractivity contribution >= 4 is 5.78 Å². The number of ether oxygens (including phenoxy) is 1. The fourth-order valence-electron chi connectivity index (χ4n) is 2.05. The minimum atomic E-state index is -0.0364.